The van der Waals surface area contributed by atoms with Crippen molar-refractivity contribution in [2.45, 2.75) is 65.8 Å². The summed E-state index contributed by atoms with van der Waals surface area (Å²) in [6.07, 6.45) is 3.72. The van der Waals surface area contributed by atoms with Gasteiger partial charge in [0, 0.05) is 18.4 Å². The summed E-state index contributed by atoms with van der Waals surface area (Å²) in [5, 5.41) is 12.9. The molecule has 0 aromatic heterocycles. The van der Waals surface area contributed by atoms with Gasteiger partial charge in [-0.15, -0.1) is 0 Å². The third-order valence-electron chi connectivity index (χ3n) is 3.92. The van der Waals surface area contributed by atoms with Gasteiger partial charge in [-0.1, -0.05) is 33.6 Å². The van der Waals surface area contributed by atoms with Gasteiger partial charge in [-0.2, -0.15) is 0 Å². The molecule has 0 bridgehead atoms. The quantitative estimate of drug-likeness (QED) is 0.307. The van der Waals surface area contributed by atoms with Crippen LogP contribution in [0.1, 0.15) is 59.8 Å². The third-order valence-corrected chi connectivity index (χ3v) is 3.92. The minimum atomic E-state index is -0.598. The number of nitrogens with one attached hydrogen (secondary N) is 2. The number of aliphatic hydroxyl groups is 1. The number of aliphatic hydroxyl groups excluding tert-OH is 1. The van der Waals surface area contributed by atoms with Gasteiger partial charge in [0.1, 0.15) is 0 Å². The molecule has 0 aliphatic heterocycles. The second kappa shape index (κ2) is 17.9. The smallest absolute Gasteiger partial charge is 0.239 e. The van der Waals surface area contributed by atoms with Gasteiger partial charge in [0.25, 0.3) is 0 Å². The number of Topliss-reactive ketones (excluding diaryl/α,β-unsaturated/α-hetero) is 1. The van der Waals surface area contributed by atoms with Gasteiger partial charge in [0.2, 0.25) is 11.8 Å². The van der Waals surface area contributed by atoms with E-state index in [4.69, 9.17) is 16.6 Å². The highest BCUT2D eigenvalue weighted by Gasteiger charge is 2.23. The minimum Gasteiger partial charge on any atom is -0.397 e. The molecule has 27 heavy (non-hydrogen) atoms. The maximum absolute atomic E-state index is 12.2. The van der Waals surface area contributed by atoms with E-state index in [1.807, 2.05) is 0 Å². The normalized spacial score (nSPS) is 12.6. The first-order valence-electron chi connectivity index (χ1n) is 9.90. The molecular weight excluding hydrogens is 348 g/mol. The van der Waals surface area contributed by atoms with Crippen molar-refractivity contribution in [3.05, 3.63) is 0 Å². The van der Waals surface area contributed by atoms with E-state index in [-0.39, 0.29) is 42.6 Å². The molecule has 0 saturated heterocycles. The zero-order valence-corrected chi connectivity index (χ0v) is 17.4. The molecule has 0 rings (SSSR count). The van der Waals surface area contributed by atoms with Crippen LogP contribution in [0.15, 0.2) is 0 Å². The molecule has 2 atom stereocenters. The number of amides is 2. The van der Waals surface area contributed by atoms with Crippen LogP contribution in [0, 0.1) is 11.8 Å². The number of nitrogens with two attached hydrogens (primary N) is 2. The van der Waals surface area contributed by atoms with Crippen molar-refractivity contribution in [3.8, 4) is 0 Å². The Morgan fingerprint density at radius 1 is 1.00 bits per heavy atom. The Morgan fingerprint density at radius 2 is 1.56 bits per heavy atom. The standard InChI is InChI=1S/C17H34N4O3.C2H6O/c1-4-5-6-13(7-9-18)17(24)20-11-15(22)21-14(8-10-19)16(23)12(2)3;1-2-3/h12-14H,4-11,18-19H2,1-3H3,(H,20,24)(H,21,22);3H,2H2,1H3. The molecule has 0 aromatic rings. The summed E-state index contributed by atoms with van der Waals surface area (Å²) in [6.45, 7) is 8.17. The highest BCUT2D eigenvalue weighted by molar-refractivity contribution is 5.92. The van der Waals surface area contributed by atoms with E-state index in [1.165, 1.54) is 0 Å². The van der Waals surface area contributed by atoms with Crippen LogP contribution in [0.3, 0.4) is 0 Å². The maximum Gasteiger partial charge on any atom is 0.239 e. The lowest BCUT2D eigenvalue weighted by molar-refractivity contribution is -0.131. The highest BCUT2D eigenvalue weighted by Crippen LogP contribution is 2.12. The zero-order chi connectivity index (χ0) is 21.2. The average molecular weight is 389 g/mol. The number of carbonyl (C=O) groups excluding carboxylic acids is 3. The van der Waals surface area contributed by atoms with Crippen molar-refractivity contribution >= 4 is 17.6 Å². The van der Waals surface area contributed by atoms with Crippen molar-refractivity contribution in [1.29, 1.82) is 0 Å². The molecular formula is C19H40N4O4. The van der Waals surface area contributed by atoms with E-state index < -0.39 is 6.04 Å². The molecule has 2 unspecified atom stereocenters. The molecule has 0 saturated carbocycles. The lowest BCUT2D eigenvalue weighted by Gasteiger charge is -2.20. The van der Waals surface area contributed by atoms with Gasteiger partial charge in [0.05, 0.1) is 12.6 Å². The van der Waals surface area contributed by atoms with Crippen molar-refractivity contribution in [2.75, 3.05) is 26.2 Å². The average Bonchev–Trinajstić information content (AvgIpc) is 2.62. The molecule has 0 aliphatic rings. The molecule has 0 spiro atoms. The molecule has 160 valence electrons. The Bertz CT molecular complexity index is 417. The SMILES string of the molecule is CCCCC(CCN)C(=O)NCC(=O)NC(CCN)C(=O)C(C)C.CCO. The van der Waals surface area contributed by atoms with Crippen LogP contribution < -0.4 is 22.1 Å². The maximum atomic E-state index is 12.2. The van der Waals surface area contributed by atoms with E-state index in [0.29, 0.717) is 25.9 Å². The van der Waals surface area contributed by atoms with E-state index >= 15 is 0 Å². The molecule has 0 aliphatic carbocycles. The fourth-order valence-electron chi connectivity index (χ4n) is 2.47. The van der Waals surface area contributed by atoms with Crippen LogP contribution in [-0.4, -0.2) is 55.0 Å². The number of rotatable bonds is 13. The first-order valence-corrected chi connectivity index (χ1v) is 9.90. The summed E-state index contributed by atoms with van der Waals surface area (Å²) in [6, 6.07) is -0.598. The van der Waals surface area contributed by atoms with Crippen LogP contribution in [0.4, 0.5) is 0 Å². The Balaban J connectivity index is 0. The van der Waals surface area contributed by atoms with Crippen molar-refractivity contribution in [3.63, 3.8) is 0 Å². The molecule has 0 heterocycles. The summed E-state index contributed by atoms with van der Waals surface area (Å²) in [4.78, 5) is 36.2. The third kappa shape index (κ3) is 14.2. The van der Waals surface area contributed by atoms with E-state index in [9.17, 15) is 14.4 Å². The van der Waals surface area contributed by atoms with Gasteiger partial charge in [-0.3, -0.25) is 14.4 Å². The van der Waals surface area contributed by atoms with Crippen molar-refractivity contribution in [1.82, 2.24) is 10.6 Å². The second-order valence-corrected chi connectivity index (χ2v) is 6.71. The van der Waals surface area contributed by atoms with Crippen LogP contribution in [-0.2, 0) is 14.4 Å². The van der Waals surface area contributed by atoms with Gasteiger partial charge in [-0.25, -0.2) is 0 Å². The molecule has 8 heteroatoms. The van der Waals surface area contributed by atoms with Crippen molar-refractivity contribution in [2.24, 2.45) is 23.3 Å². The largest absolute Gasteiger partial charge is 0.397 e. The molecule has 8 nitrogen and oxygen atoms in total. The predicted octanol–water partition coefficient (Wildman–Crippen LogP) is 0.315. The van der Waals surface area contributed by atoms with E-state index in [1.54, 1.807) is 20.8 Å². The summed E-state index contributed by atoms with van der Waals surface area (Å²) < 4.78 is 0. The molecule has 2 amide bonds. The zero-order valence-electron chi connectivity index (χ0n) is 17.4. The fraction of sp³-hybridized carbons (Fsp3) is 0.842. The number of unbranched alkanes of at least 4 members (excludes halogenated alkanes) is 1. The van der Waals surface area contributed by atoms with Crippen LogP contribution in [0.5, 0.6) is 0 Å². The summed E-state index contributed by atoms with van der Waals surface area (Å²) in [5.74, 6) is -0.934. The number of hydrogen-bond acceptors (Lipinski definition) is 6. The number of carbonyl (C=O) groups is 3. The predicted molar refractivity (Wildman–Crippen MR) is 108 cm³/mol. The fourth-order valence-corrected chi connectivity index (χ4v) is 2.47. The lowest BCUT2D eigenvalue weighted by atomic mass is 9.97. The Labute approximate surface area is 163 Å². The van der Waals surface area contributed by atoms with Gasteiger partial charge >= 0.3 is 0 Å². The van der Waals surface area contributed by atoms with Crippen LogP contribution in [0.25, 0.3) is 0 Å². The first kappa shape index (κ1) is 27.7. The molecule has 0 fully saturated rings. The Morgan fingerprint density at radius 3 is 2.00 bits per heavy atom. The van der Waals surface area contributed by atoms with Crippen LogP contribution in [0.2, 0.25) is 0 Å². The lowest BCUT2D eigenvalue weighted by Crippen LogP contribution is -2.48. The molecule has 0 radical (unpaired) electrons. The summed E-state index contributed by atoms with van der Waals surface area (Å²) in [7, 11) is 0. The Kier molecular flexibility index (Phi) is 18.3. The first-order chi connectivity index (χ1) is 12.8. The van der Waals surface area contributed by atoms with Crippen LogP contribution >= 0.6 is 0 Å². The summed E-state index contributed by atoms with van der Waals surface area (Å²) >= 11 is 0. The highest BCUT2D eigenvalue weighted by atomic mass is 16.2. The molecule has 7 N–H and O–H groups in total. The van der Waals surface area contributed by atoms with Gasteiger partial charge < -0.3 is 27.2 Å². The topological polar surface area (TPSA) is 148 Å². The van der Waals surface area contributed by atoms with E-state index in [2.05, 4.69) is 17.6 Å². The second-order valence-electron chi connectivity index (χ2n) is 6.71. The summed E-state index contributed by atoms with van der Waals surface area (Å²) in [5.41, 5.74) is 11.0. The van der Waals surface area contributed by atoms with Gasteiger partial charge in [-0.05, 0) is 39.3 Å². The van der Waals surface area contributed by atoms with E-state index in [0.717, 1.165) is 19.3 Å². The number of ketones is 1. The molecule has 0 aromatic carbocycles. The van der Waals surface area contributed by atoms with Gasteiger partial charge in [0.15, 0.2) is 5.78 Å². The van der Waals surface area contributed by atoms with Crippen molar-refractivity contribution < 1.29 is 19.5 Å². The minimum absolute atomic E-state index is 0.0518. The Hall–Kier alpha value is -1.51. The monoisotopic (exact) mass is 388 g/mol. The number of hydrogen-bond donors (Lipinski definition) is 5.